The van der Waals surface area contributed by atoms with E-state index < -0.39 is 0 Å². The van der Waals surface area contributed by atoms with Gasteiger partial charge in [-0.3, -0.25) is 4.90 Å². The van der Waals surface area contributed by atoms with Gasteiger partial charge in [0.2, 0.25) is 0 Å². The van der Waals surface area contributed by atoms with Gasteiger partial charge in [-0.1, -0.05) is 48.5 Å². The van der Waals surface area contributed by atoms with Crippen LogP contribution in [0.4, 0.5) is 0 Å². The Morgan fingerprint density at radius 1 is 1.04 bits per heavy atom. The van der Waals surface area contributed by atoms with Crippen molar-refractivity contribution in [2.75, 3.05) is 19.7 Å². The monoisotopic (exact) mass is 349 g/mol. The number of aryl methyl sites for hydroxylation is 1. The number of para-hydroxylation sites is 1. The molecule has 4 rings (SSSR count). The molecule has 0 amide bonds. The van der Waals surface area contributed by atoms with Gasteiger partial charge in [-0.25, -0.2) is 0 Å². The van der Waals surface area contributed by atoms with Crippen LogP contribution in [-0.2, 0) is 13.0 Å². The Morgan fingerprint density at radius 3 is 2.65 bits per heavy atom. The highest BCUT2D eigenvalue weighted by molar-refractivity contribution is 5.77. The minimum atomic E-state index is 0.000106. The van der Waals surface area contributed by atoms with Gasteiger partial charge in [0, 0.05) is 24.0 Å². The van der Waals surface area contributed by atoms with Crippen LogP contribution >= 0.6 is 0 Å². The quantitative estimate of drug-likeness (QED) is 0.704. The van der Waals surface area contributed by atoms with Crippen molar-refractivity contribution in [3.63, 3.8) is 0 Å². The van der Waals surface area contributed by atoms with Gasteiger partial charge in [0.25, 0.3) is 0 Å². The highest BCUT2D eigenvalue weighted by Gasteiger charge is 2.34. The SMILES string of the molecule is OC[C@@]1(CCc2ccccc2)CCCN(Cc2cc3ccccc3o2)C1. The molecule has 0 unspecified atom stereocenters. The fourth-order valence-electron chi connectivity index (χ4n) is 4.25. The number of piperidine rings is 1. The third kappa shape index (κ3) is 3.84. The Labute approximate surface area is 155 Å². The Bertz CT molecular complexity index is 809. The first-order valence-electron chi connectivity index (χ1n) is 9.61. The lowest BCUT2D eigenvalue weighted by molar-refractivity contribution is 0.0200. The molecule has 1 atom stereocenters. The molecule has 0 saturated carbocycles. The lowest BCUT2D eigenvalue weighted by atomic mass is 9.76. The van der Waals surface area contributed by atoms with Crippen LogP contribution in [0.25, 0.3) is 11.0 Å². The fraction of sp³-hybridized carbons (Fsp3) is 0.391. The highest BCUT2D eigenvalue weighted by atomic mass is 16.3. The lowest BCUT2D eigenvalue weighted by Crippen LogP contribution is -2.45. The second-order valence-electron chi connectivity index (χ2n) is 7.71. The molecular formula is C23H27NO2. The molecular weight excluding hydrogens is 322 g/mol. The van der Waals surface area contributed by atoms with Gasteiger partial charge in [0.05, 0.1) is 6.54 Å². The summed E-state index contributed by atoms with van der Waals surface area (Å²) in [5, 5.41) is 11.3. The average molecular weight is 349 g/mol. The third-order valence-corrected chi connectivity index (χ3v) is 5.72. The van der Waals surface area contributed by atoms with Crippen LogP contribution in [0.1, 0.15) is 30.6 Å². The molecule has 0 radical (unpaired) electrons. The molecule has 1 aromatic heterocycles. The van der Waals surface area contributed by atoms with E-state index in [0.29, 0.717) is 0 Å². The zero-order valence-electron chi connectivity index (χ0n) is 15.2. The molecule has 0 spiro atoms. The van der Waals surface area contributed by atoms with E-state index in [1.165, 1.54) is 5.56 Å². The van der Waals surface area contributed by atoms with E-state index in [9.17, 15) is 5.11 Å². The van der Waals surface area contributed by atoms with Crippen molar-refractivity contribution in [3.8, 4) is 0 Å². The van der Waals surface area contributed by atoms with Crippen molar-refractivity contribution in [2.24, 2.45) is 5.41 Å². The molecule has 136 valence electrons. The van der Waals surface area contributed by atoms with Gasteiger partial charge in [-0.15, -0.1) is 0 Å². The number of aliphatic hydroxyl groups excluding tert-OH is 1. The Kier molecular flexibility index (Phi) is 5.09. The van der Waals surface area contributed by atoms with Crippen LogP contribution < -0.4 is 0 Å². The summed E-state index contributed by atoms with van der Waals surface area (Å²) in [5.41, 5.74) is 2.31. The van der Waals surface area contributed by atoms with Crippen molar-refractivity contribution >= 4 is 11.0 Å². The molecule has 0 aliphatic carbocycles. The molecule has 1 aliphatic heterocycles. The van der Waals surface area contributed by atoms with Crippen LogP contribution in [0.5, 0.6) is 0 Å². The molecule has 2 aromatic carbocycles. The Hall–Kier alpha value is -2.10. The second-order valence-corrected chi connectivity index (χ2v) is 7.71. The van der Waals surface area contributed by atoms with Crippen molar-refractivity contribution in [3.05, 3.63) is 72.0 Å². The molecule has 3 heteroatoms. The normalized spacial score (nSPS) is 21.3. The van der Waals surface area contributed by atoms with Gasteiger partial charge in [-0.05, 0) is 49.9 Å². The number of hydrogen-bond acceptors (Lipinski definition) is 3. The van der Waals surface area contributed by atoms with E-state index in [1.54, 1.807) is 0 Å². The zero-order chi connectivity index (χ0) is 17.8. The number of fused-ring (bicyclic) bond motifs is 1. The van der Waals surface area contributed by atoms with Gasteiger partial charge >= 0.3 is 0 Å². The maximum Gasteiger partial charge on any atom is 0.134 e. The van der Waals surface area contributed by atoms with E-state index in [1.807, 2.05) is 18.2 Å². The highest BCUT2D eigenvalue weighted by Crippen LogP contribution is 2.35. The lowest BCUT2D eigenvalue weighted by Gasteiger charge is -2.41. The van der Waals surface area contributed by atoms with Crippen molar-refractivity contribution in [1.29, 1.82) is 0 Å². The van der Waals surface area contributed by atoms with E-state index in [-0.39, 0.29) is 12.0 Å². The molecule has 1 aliphatic rings. The summed E-state index contributed by atoms with van der Waals surface area (Å²) < 4.78 is 6.00. The van der Waals surface area contributed by atoms with Gasteiger partial charge in [0.15, 0.2) is 0 Å². The predicted octanol–water partition coefficient (Wildman–Crippen LogP) is 4.64. The first-order valence-corrected chi connectivity index (χ1v) is 9.61. The summed E-state index contributed by atoms with van der Waals surface area (Å²) in [4.78, 5) is 2.45. The van der Waals surface area contributed by atoms with Crippen LogP contribution in [0.2, 0.25) is 0 Å². The molecule has 0 bridgehead atoms. The van der Waals surface area contributed by atoms with E-state index in [0.717, 1.165) is 62.0 Å². The number of benzene rings is 2. The molecule has 26 heavy (non-hydrogen) atoms. The molecule has 3 nitrogen and oxygen atoms in total. The van der Waals surface area contributed by atoms with Crippen LogP contribution in [0.3, 0.4) is 0 Å². The third-order valence-electron chi connectivity index (χ3n) is 5.72. The average Bonchev–Trinajstić information content (AvgIpc) is 3.10. The topological polar surface area (TPSA) is 36.6 Å². The van der Waals surface area contributed by atoms with Crippen molar-refractivity contribution in [1.82, 2.24) is 4.90 Å². The minimum Gasteiger partial charge on any atom is -0.460 e. The number of aliphatic hydroxyl groups is 1. The number of rotatable bonds is 6. The minimum absolute atomic E-state index is 0.000106. The number of hydrogen-bond donors (Lipinski definition) is 1. The summed E-state index contributed by atoms with van der Waals surface area (Å²) >= 11 is 0. The summed E-state index contributed by atoms with van der Waals surface area (Å²) in [7, 11) is 0. The van der Waals surface area contributed by atoms with E-state index >= 15 is 0 Å². The number of furan rings is 1. The summed E-state index contributed by atoms with van der Waals surface area (Å²) in [6.07, 6.45) is 4.30. The molecule has 2 heterocycles. The smallest absolute Gasteiger partial charge is 0.134 e. The molecule has 1 N–H and O–H groups in total. The van der Waals surface area contributed by atoms with Crippen molar-refractivity contribution in [2.45, 2.75) is 32.2 Å². The van der Waals surface area contributed by atoms with Gasteiger partial charge in [0.1, 0.15) is 11.3 Å². The first kappa shape index (κ1) is 17.3. The van der Waals surface area contributed by atoms with E-state index in [2.05, 4.69) is 47.4 Å². The molecule has 1 saturated heterocycles. The van der Waals surface area contributed by atoms with Crippen LogP contribution in [0.15, 0.2) is 65.1 Å². The molecule has 1 fully saturated rings. The summed E-state index contributed by atoms with van der Waals surface area (Å²) in [6.45, 7) is 3.09. The van der Waals surface area contributed by atoms with Crippen LogP contribution in [-0.4, -0.2) is 29.7 Å². The van der Waals surface area contributed by atoms with E-state index in [4.69, 9.17) is 4.42 Å². The summed E-state index contributed by atoms with van der Waals surface area (Å²) in [5.74, 6) is 1.02. The number of nitrogens with zero attached hydrogens (tertiary/aromatic N) is 1. The first-order chi connectivity index (χ1) is 12.8. The number of likely N-dealkylation sites (tertiary alicyclic amines) is 1. The molecule has 3 aromatic rings. The summed E-state index contributed by atoms with van der Waals surface area (Å²) in [6, 6.07) is 20.9. The Morgan fingerprint density at radius 2 is 1.85 bits per heavy atom. The standard InChI is InChI=1S/C23H27NO2/c25-18-23(13-11-19-7-2-1-3-8-19)12-6-14-24(17-23)16-21-15-20-9-4-5-10-22(20)26-21/h1-5,7-10,15,25H,6,11-14,16-18H2/t23-/m1/s1. The van der Waals surface area contributed by atoms with Gasteiger partial charge in [-0.2, -0.15) is 0 Å². The van der Waals surface area contributed by atoms with Gasteiger partial charge < -0.3 is 9.52 Å². The predicted molar refractivity (Wildman–Crippen MR) is 105 cm³/mol. The van der Waals surface area contributed by atoms with Crippen LogP contribution in [0, 0.1) is 5.41 Å². The zero-order valence-corrected chi connectivity index (χ0v) is 15.2. The maximum atomic E-state index is 10.2. The Balaban J connectivity index is 1.43. The van der Waals surface area contributed by atoms with Crippen molar-refractivity contribution < 1.29 is 9.52 Å². The second kappa shape index (κ2) is 7.65. The largest absolute Gasteiger partial charge is 0.460 e. The maximum absolute atomic E-state index is 10.2. The fourth-order valence-corrected chi connectivity index (χ4v) is 4.25.